The molecule has 0 fully saturated rings. The van der Waals surface area contributed by atoms with Crippen LogP contribution in [0.3, 0.4) is 0 Å². The van der Waals surface area contributed by atoms with Crippen LogP contribution in [-0.2, 0) is 9.37 Å². The van der Waals surface area contributed by atoms with E-state index in [2.05, 4.69) is 9.37 Å². The maximum absolute atomic E-state index is 11.0. The first-order valence-corrected chi connectivity index (χ1v) is 5.93. The van der Waals surface area contributed by atoms with Crippen molar-refractivity contribution < 1.29 is 29.6 Å². The number of benzene rings is 2. The van der Waals surface area contributed by atoms with Gasteiger partial charge in [0.1, 0.15) is 0 Å². The lowest BCUT2D eigenvalue weighted by atomic mass is 10.1. The number of nitro benzene ring substituents is 2. The van der Waals surface area contributed by atoms with Crippen molar-refractivity contribution in [2.75, 3.05) is 0 Å². The van der Waals surface area contributed by atoms with Gasteiger partial charge in [-0.15, -0.1) is 4.33 Å². The third kappa shape index (κ3) is 2.85. The van der Waals surface area contributed by atoms with E-state index in [0.717, 1.165) is 0 Å². The van der Waals surface area contributed by atoms with Gasteiger partial charge in [0.2, 0.25) is 5.75 Å². The third-order valence-corrected chi connectivity index (χ3v) is 3.17. The molecule has 2 aromatic rings. The fourth-order valence-corrected chi connectivity index (χ4v) is 2.15. The van der Waals surface area contributed by atoms with E-state index >= 15 is 0 Å². The van der Waals surface area contributed by atoms with Crippen LogP contribution in [0.15, 0.2) is 29.2 Å². The Morgan fingerprint density at radius 2 is 1.71 bits per heavy atom. The Bertz CT molecular complexity index is 735. The zero-order valence-corrected chi connectivity index (χ0v) is 10.8. The lowest BCUT2D eigenvalue weighted by Crippen LogP contribution is -1.95. The Morgan fingerprint density at radius 3 is 2.29 bits per heavy atom. The van der Waals surface area contributed by atoms with Gasteiger partial charge in [0.15, 0.2) is 0 Å². The predicted octanol–water partition coefficient (Wildman–Crippen LogP) is 2.79. The summed E-state index contributed by atoms with van der Waals surface area (Å²) in [6.07, 6.45) is 0. The molecule has 110 valence electrons. The molecule has 0 unspecified atom stereocenters. The summed E-state index contributed by atoms with van der Waals surface area (Å²) in [5.41, 5.74) is -1.29. The van der Waals surface area contributed by atoms with Crippen LogP contribution in [0.4, 0.5) is 11.4 Å². The van der Waals surface area contributed by atoms with Gasteiger partial charge < -0.3 is 5.11 Å². The van der Waals surface area contributed by atoms with Gasteiger partial charge in [-0.3, -0.25) is 20.2 Å². The number of non-ortho nitro benzene ring substituents is 1. The number of hydrogen-bond donors (Lipinski definition) is 2. The monoisotopic (exact) mass is 314 g/mol. The van der Waals surface area contributed by atoms with E-state index in [0.29, 0.717) is 23.0 Å². The lowest BCUT2D eigenvalue weighted by Gasteiger charge is -2.05. The summed E-state index contributed by atoms with van der Waals surface area (Å²) in [7, 11) is 0. The molecule has 0 spiro atoms. The highest BCUT2D eigenvalue weighted by Gasteiger charge is 2.25. The van der Waals surface area contributed by atoms with Crippen molar-refractivity contribution in [2.45, 2.75) is 4.90 Å². The van der Waals surface area contributed by atoms with E-state index in [9.17, 15) is 25.3 Å². The predicted molar refractivity (Wildman–Crippen MR) is 69.6 cm³/mol. The number of nitro groups is 2. The SMILES string of the molecule is O=[N+]([O-])c1cc([N+](=O)[O-])c2ccc(SOOO)cc2c1O. The lowest BCUT2D eigenvalue weighted by molar-refractivity contribution is -0.432. The van der Waals surface area contributed by atoms with Gasteiger partial charge in [0.05, 0.1) is 33.3 Å². The van der Waals surface area contributed by atoms with E-state index < -0.39 is 27.0 Å². The first-order chi connectivity index (χ1) is 9.95. The first kappa shape index (κ1) is 14.9. The van der Waals surface area contributed by atoms with Crippen molar-refractivity contribution in [3.63, 3.8) is 0 Å². The average Bonchev–Trinajstić information content (AvgIpc) is 2.45. The van der Waals surface area contributed by atoms with Crippen LogP contribution in [0.1, 0.15) is 0 Å². The average molecular weight is 314 g/mol. The quantitative estimate of drug-likeness (QED) is 0.368. The van der Waals surface area contributed by atoms with Crippen LogP contribution in [0, 0.1) is 20.2 Å². The van der Waals surface area contributed by atoms with Crippen LogP contribution in [0.5, 0.6) is 5.75 Å². The molecule has 0 heterocycles. The minimum atomic E-state index is -0.922. The molecule has 0 radical (unpaired) electrons. The highest BCUT2D eigenvalue weighted by molar-refractivity contribution is 7.94. The second kappa shape index (κ2) is 5.88. The number of phenolic OH excluding ortho intramolecular Hbond substituents is 1. The molecule has 10 nitrogen and oxygen atoms in total. The van der Waals surface area contributed by atoms with Crippen LogP contribution >= 0.6 is 12.0 Å². The summed E-state index contributed by atoms with van der Waals surface area (Å²) in [4.78, 5) is 20.4. The Balaban J connectivity index is 2.72. The van der Waals surface area contributed by atoms with Gasteiger partial charge in [-0.05, 0) is 18.2 Å². The van der Waals surface area contributed by atoms with Gasteiger partial charge in [0, 0.05) is 10.3 Å². The number of hydrogen-bond acceptors (Lipinski definition) is 9. The summed E-state index contributed by atoms with van der Waals surface area (Å²) < 4.78 is 4.19. The van der Waals surface area contributed by atoms with Crippen molar-refractivity contribution in [1.82, 2.24) is 0 Å². The molecule has 2 N–H and O–H groups in total. The summed E-state index contributed by atoms with van der Waals surface area (Å²) in [6, 6.07) is 4.61. The second-order valence-corrected chi connectivity index (χ2v) is 4.49. The summed E-state index contributed by atoms with van der Waals surface area (Å²) in [5.74, 6) is -0.701. The van der Waals surface area contributed by atoms with E-state index in [-0.39, 0.29) is 10.8 Å². The molecule has 0 aromatic heterocycles. The first-order valence-electron chi connectivity index (χ1n) is 5.19. The van der Waals surface area contributed by atoms with Crippen LogP contribution in [0.25, 0.3) is 10.8 Å². The fourth-order valence-electron chi connectivity index (χ4n) is 1.75. The maximum Gasteiger partial charge on any atom is 0.318 e. The van der Waals surface area contributed by atoms with Gasteiger partial charge in [-0.25, -0.2) is 5.26 Å². The zero-order valence-electron chi connectivity index (χ0n) is 9.96. The number of rotatable bonds is 5. The number of nitrogens with zero attached hydrogens (tertiary/aromatic N) is 2. The topological polar surface area (TPSA) is 145 Å². The maximum atomic E-state index is 11.0. The fraction of sp³-hybridized carbons (Fsp3) is 0. The molecule has 0 aliphatic heterocycles. The Morgan fingerprint density at radius 1 is 1.05 bits per heavy atom. The normalized spacial score (nSPS) is 10.7. The van der Waals surface area contributed by atoms with Crippen molar-refractivity contribution in [2.24, 2.45) is 0 Å². The molecule has 0 bridgehead atoms. The molecular formula is C10H6N2O8S. The molecule has 0 saturated carbocycles. The summed E-state index contributed by atoms with van der Waals surface area (Å²) in [5, 5.41) is 43.1. The molecule has 21 heavy (non-hydrogen) atoms. The van der Waals surface area contributed by atoms with E-state index in [4.69, 9.17) is 5.26 Å². The molecule has 2 rings (SSSR count). The van der Waals surface area contributed by atoms with E-state index in [1.165, 1.54) is 18.2 Å². The molecule has 0 aliphatic carbocycles. The molecular weight excluding hydrogens is 308 g/mol. The minimum Gasteiger partial charge on any atom is -0.502 e. The second-order valence-electron chi connectivity index (χ2n) is 3.71. The van der Waals surface area contributed by atoms with Gasteiger partial charge in [-0.2, -0.15) is 0 Å². The van der Waals surface area contributed by atoms with E-state index in [1.54, 1.807) is 0 Å². The van der Waals surface area contributed by atoms with Crippen LogP contribution < -0.4 is 0 Å². The molecule has 11 heteroatoms. The standard InChI is InChI=1S/C10H6N2O8S/c13-10-7-3-5(21-20-19-18)1-2-6(7)8(11(14)15)4-9(10)12(16)17/h1-4,13,18H. The zero-order chi connectivity index (χ0) is 15.6. The molecule has 0 saturated heterocycles. The highest BCUT2D eigenvalue weighted by Crippen LogP contribution is 2.41. The molecule has 0 atom stereocenters. The van der Waals surface area contributed by atoms with Crippen molar-refractivity contribution in [1.29, 1.82) is 0 Å². The minimum absolute atomic E-state index is 0.0253. The van der Waals surface area contributed by atoms with E-state index in [1.807, 2.05) is 0 Å². The largest absolute Gasteiger partial charge is 0.502 e. The molecule has 2 aromatic carbocycles. The number of fused-ring (bicyclic) bond motifs is 1. The van der Waals surface area contributed by atoms with Crippen LogP contribution in [0.2, 0.25) is 0 Å². The summed E-state index contributed by atoms with van der Waals surface area (Å²) in [6.45, 7) is 0. The van der Waals surface area contributed by atoms with Crippen molar-refractivity contribution in [3.05, 3.63) is 44.5 Å². The molecule has 0 aliphatic rings. The Hall–Kier alpha value is -2.47. The smallest absolute Gasteiger partial charge is 0.318 e. The van der Waals surface area contributed by atoms with Crippen molar-refractivity contribution in [3.8, 4) is 5.75 Å². The Labute approximate surface area is 119 Å². The summed E-state index contributed by atoms with van der Waals surface area (Å²) >= 11 is 0.549. The number of phenols is 1. The highest BCUT2D eigenvalue weighted by atomic mass is 32.2. The van der Waals surface area contributed by atoms with Gasteiger partial charge in [0.25, 0.3) is 5.69 Å². The number of aromatic hydroxyl groups is 1. The Kier molecular flexibility index (Phi) is 4.18. The van der Waals surface area contributed by atoms with Crippen molar-refractivity contribution >= 4 is 34.2 Å². The van der Waals surface area contributed by atoms with Crippen LogP contribution in [-0.4, -0.2) is 20.2 Å². The van der Waals surface area contributed by atoms with Gasteiger partial charge in [-0.1, -0.05) is 5.04 Å². The third-order valence-electron chi connectivity index (χ3n) is 2.59. The van der Waals surface area contributed by atoms with Gasteiger partial charge >= 0.3 is 5.69 Å². The molecule has 0 amide bonds.